The van der Waals surface area contributed by atoms with Crippen LogP contribution in [0, 0.1) is 0 Å². The van der Waals surface area contributed by atoms with E-state index in [1.54, 1.807) is 0 Å². The maximum atomic E-state index is 9.23. The van der Waals surface area contributed by atoms with Crippen molar-refractivity contribution in [3.63, 3.8) is 0 Å². The molecule has 2 N–H and O–H groups in total. The number of thioether (sulfide) groups is 6. The molecule has 3 rings (SSSR count). The van der Waals surface area contributed by atoms with Crippen LogP contribution in [0.4, 0.5) is 0 Å². The lowest BCUT2D eigenvalue weighted by molar-refractivity contribution is 0.301. The minimum Gasteiger partial charge on any atom is -0.395 e. The molecule has 0 spiro atoms. The first-order valence-corrected chi connectivity index (χ1v) is 15.0. The molecule has 146 valence electrons. The first-order chi connectivity index (χ1) is 12.8. The zero-order chi connectivity index (χ0) is 18.2. The smallest absolute Gasteiger partial charge is 0.0597 e. The van der Waals surface area contributed by atoms with Gasteiger partial charge in [0.25, 0.3) is 0 Å². The van der Waals surface area contributed by atoms with Crippen molar-refractivity contribution in [3.05, 3.63) is 35.4 Å². The molecule has 0 aromatic heterocycles. The normalized spacial score (nSPS) is 28.7. The van der Waals surface area contributed by atoms with Gasteiger partial charge in [-0.05, 0) is 11.1 Å². The first-order valence-electron chi connectivity index (χ1n) is 8.76. The Kier molecular flexibility index (Phi) is 10.2. The quantitative estimate of drug-likeness (QED) is 0.523. The topological polar surface area (TPSA) is 40.5 Å². The highest BCUT2D eigenvalue weighted by atomic mass is 32.2. The number of aliphatic hydroxyl groups excluding tert-OH is 2. The number of hydrogen-bond acceptors (Lipinski definition) is 8. The lowest BCUT2D eigenvalue weighted by Crippen LogP contribution is -2.06. The number of hydrogen-bond donors (Lipinski definition) is 2. The third kappa shape index (κ3) is 7.25. The second-order valence-electron chi connectivity index (χ2n) is 6.26. The molecule has 26 heavy (non-hydrogen) atoms. The number of aliphatic hydroxyl groups is 2. The van der Waals surface area contributed by atoms with Gasteiger partial charge in [-0.3, -0.25) is 0 Å². The second kappa shape index (κ2) is 12.1. The third-order valence-corrected chi connectivity index (χ3v) is 13.6. The molecule has 8 heteroatoms. The van der Waals surface area contributed by atoms with Crippen LogP contribution >= 0.6 is 70.6 Å². The summed E-state index contributed by atoms with van der Waals surface area (Å²) in [5.74, 6) is 6.66. The summed E-state index contributed by atoms with van der Waals surface area (Å²) in [5.41, 5.74) is 2.84. The summed E-state index contributed by atoms with van der Waals surface area (Å²) in [4.78, 5) is 0. The summed E-state index contributed by atoms with van der Waals surface area (Å²) in [6.45, 7) is 0.633. The van der Waals surface area contributed by atoms with Crippen LogP contribution in [0.2, 0.25) is 0 Å². The number of benzene rings is 1. The van der Waals surface area contributed by atoms with Crippen LogP contribution in [0.1, 0.15) is 11.1 Å². The highest BCUT2D eigenvalue weighted by Gasteiger charge is 2.25. The molecule has 0 aliphatic carbocycles. The predicted octanol–water partition coefficient (Wildman–Crippen LogP) is 4.49. The fourth-order valence-corrected chi connectivity index (χ4v) is 12.0. The molecule has 0 bridgehead atoms. The van der Waals surface area contributed by atoms with E-state index < -0.39 is 0 Å². The van der Waals surface area contributed by atoms with Crippen LogP contribution in [0.3, 0.4) is 0 Å². The van der Waals surface area contributed by atoms with Gasteiger partial charge < -0.3 is 10.2 Å². The van der Waals surface area contributed by atoms with Crippen molar-refractivity contribution in [1.29, 1.82) is 0 Å². The summed E-state index contributed by atoms with van der Waals surface area (Å²) < 4.78 is 1.28. The molecule has 4 atom stereocenters. The van der Waals surface area contributed by atoms with Gasteiger partial charge in [-0.2, -0.15) is 23.5 Å². The Bertz CT molecular complexity index is 503. The maximum absolute atomic E-state index is 9.23. The molecule has 0 radical (unpaired) electrons. The molecule has 2 aliphatic heterocycles. The van der Waals surface area contributed by atoms with E-state index in [1.165, 1.54) is 11.1 Å². The van der Waals surface area contributed by atoms with Gasteiger partial charge in [0, 0.05) is 45.0 Å². The monoisotopic (exact) mass is 466 g/mol. The molecule has 2 nitrogen and oxygen atoms in total. The average Bonchev–Trinajstić information content (AvgIpc) is 3.31. The fraction of sp³-hybridized carbons (Fsp3) is 0.667. The molecule has 4 unspecified atom stereocenters. The van der Waals surface area contributed by atoms with Crippen molar-refractivity contribution in [2.24, 2.45) is 0 Å². The average molecular weight is 467 g/mol. The highest BCUT2D eigenvalue weighted by molar-refractivity contribution is 8.22. The van der Waals surface area contributed by atoms with Gasteiger partial charge in [0.1, 0.15) is 0 Å². The summed E-state index contributed by atoms with van der Waals surface area (Å²) in [6.07, 6.45) is 0. The van der Waals surface area contributed by atoms with E-state index in [-0.39, 0.29) is 0 Å². The molecule has 1 aromatic carbocycles. The molecule has 1 aromatic rings. The van der Waals surface area contributed by atoms with E-state index in [1.807, 2.05) is 70.6 Å². The van der Waals surface area contributed by atoms with Crippen LogP contribution < -0.4 is 0 Å². The standard InChI is InChI=1S/C18H26O2S6/c19-5-15-9-23-17(25-15)11-21-7-13-2-1-3-14(4-13)8-22-12-18-24-10-16(6-20)26-18/h1-4,15-20H,5-12H2. The summed E-state index contributed by atoms with van der Waals surface area (Å²) in [7, 11) is 0. The lowest BCUT2D eigenvalue weighted by atomic mass is 10.2. The Balaban J connectivity index is 1.34. The van der Waals surface area contributed by atoms with Crippen molar-refractivity contribution in [1.82, 2.24) is 0 Å². The lowest BCUT2D eigenvalue weighted by Gasteiger charge is -2.10. The Labute approximate surface area is 182 Å². The second-order valence-corrected chi connectivity index (χ2v) is 14.4. The molecule has 0 saturated carbocycles. The Morgan fingerprint density at radius 3 is 1.77 bits per heavy atom. The maximum Gasteiger partial charge on any atom is 0.0597 e. The summed E-state index contributed by atoms with van der Waals surface area (Å²) in [6, 6.07) is 9.02. The van der Waals surface area contributed by atoms with E-state index in [9.17, 15) is 10.2 Å². The largest absolute Gasteiger partial charge is 0.395 e. The van der Waals surface area contributed by atoms with E-state index in [2.05, 4.69) is 24.3 Å². The minimum atomic E-state index is 0.317. The predicted molar refractivity (Wildman–Crippen MR) is 128 cm³/mol. The van der Waals surface area contributed by atoms with Gasteiger partial charge in [0.05, 0.1) is 22.4 Å². The Morgan fingerprint density at radius 2 is 1.35 bits per heavy atom. The summed E-state index contributed by atoms with van der Waals surface area (Å²) in [5, 5.41) is 19.3. The molecule has 2 saturated heterocycles. The minimum absolute atomic E-state index is 0.317. The van der Waals surface area contributed by atoms with E-state index in [4.69, 9.17) is 0 Å². The van der Waals surface area contributed by atoms with E-state index in [0.717, 1.165) is 34.5 Å². The molecular formula is C18H26O2S6. The first kappa shape index (κ1) is 21.9. The van der Waals surface area contributed by atoms with Crippen LogP contribution in [-0.4, -0.2) is 66.1 Å². The van der Waals surface area contributed by atoms with E-state index >= 15 is 0 Å². The Morgan fingerprint density at radius 1 is 0.846 bits per heavy atom. The Hall–Kier alpha value is 1.24. The van der Waals surface area contributed by atoms with Crippen molar-refractivity contribution >= 4 is 70.6 Å². The van der Waals surface area contributed by atoms with Gasteiger partial charge in [0.2, 0.25) is 0 Å². The van der Waals surface area contributed by atoms with Crippen molar-refractivity contribution in [2.45, 2.75) is 31.2 Å². The number of rotatable bonds is 10. The fourth-order valence-electron chi connectivity index (χ4n) is 2.74. The van der Waals surface area contributed by atoms with E-state index in [0.29, 0.717) is 32.9 Å². The van der Waals surface area contributed by atoms with Gasteiger partial charge in [-0.1, -0.05) is 24.3 Å². The van der Waals surface area contributed by atoms with Gasteiger partial charge in [-0.15, -0.1) is 47.0 Å². The van der Waals surface area contributed by atoms with Gasteiger partial charge in [0.15, 0.2) is 0 Å². The molecule has 2 heterocycles. The van der Waals surface area contributed by atoms with Crippen molar-refractivity contribution in [2.75, 3.05) is 36.2 Å². The zero-order valence-corrected chi connectivity index (χ0v) is 19.5. The molecule has 0 amide bonds. The summed E-state index contributed by atoms with van der Waals surface area (Å²) >= 11 is 11.9. The van der Waals surface area contributed by atoms with Crippen LogP contribution in [0.25, 0.3) is 0 Å². The SMILES string of the molecule is OCC1CSC(CSCc2cccc(CSCC3SCC(CO)S3)c2)S1. The van der Waals surface area contributed by atoms with Gasteiger partial charge >= 0.3 is 0 Å². The van der Waals surface area contributed by atoms with Crippen molar-refractivity contribution < 1.29 is 10.2 Å². The third-order valence-electron chi connectivity index (χ3n) is 4.07. The molecule has 2 aliphatic rings. The van der Waals surface area contributed by atoms with Crippen molar-refractivity contribution in [3.8, 4) is 0 Å². The zero-order valence-electron chi connectivity index (χ0n) is 14.6. The highest BCUT2D eigenvalue weighted by Crippen LogP contribution is 2.40. The van der Waals surface area contributed by atoms with Crippen LogP contribution in [-0.2, 0) is 11.5 Å². The molecule has 2 fully saturated rings. The molecular weight excluding hydrogens is 441 g/mol. The van der Waals surface area contributed by atoms with Crippen LogP contribution in [0.15, 0.2) is 24.3 Å². The van der Waals surface area contributed by atoms with Gasteiger partial charge in [-0.25, -0.2) is 0 Å². The van der Waals surface area contributed by atoms with Crippen LogP contribution in [0.5, 0.6) is 0 Å².